The minimum Gasteiger partial charge on any atom is -0.495 e. The number of hydrogen-bond acceptors (Lipinski definition) is 5. The van der Waals surface area contributed by atoms with Crippen molar-refractivity contribution < 1.29 is 19.7 Å². The van der Waals surface area contributed by atoms with Crippen LogP contribution < -0.4 is 4.74 Å². The van der Waals surface area contributed by atoms with Crippen LogP contribution in [0.1, 0.15) is 59.0 Å². The number of methoxy groups -OCH3 is 1. The summed E-state index contributed by atoms with van der Waals surface area (Å²) in [7, 11) is 1.53. The molecule has 1 saturated carbocycles. The number of carbonyl (C=O) groups excluding carboxylic acids is 1. The van der Waals surface area contributed by atoms with Crippen LogP contribution in [0.4, 0.5) is 0 Å². The summed E-state index contributed by atoms with van der Waals surface area (Å²) in [5, 5.41) is 26.0. The summed E-state index contributed by atoms with van der Waals surface area (Å²) in [6.45, 7) is 0. The standard InChI is InChI=1S/C25H26ClN3O4/c1-33-23-16(13-15-7-9-17(10-8-15)28-12-4-11-27-28)14-18-21(22(23)26)25(32)29(24(18)31)19-5-2-3-6-20(19)30/h4,7-12,14,19-20,25,30,32H,2-3,5-6,13H2,1H3/t19-,20-,25?/m1/s1. The molecule has 3 atom stereocenters. The fourth-order valence-electron chi connectivity index (χ4n) is 5.03. The highest BCUT2D eigenvalue weighted by molar-refractivity contribution is 6.34. The van der Waals surface area contributed by atoms with Crippen molar-refractivity contribution in [3.8, 4) is 11.4 Å². The van der Waals surface area contributed by atoms with E-state index in [1.165, 1.54) is 12.0 Å². The Morgan fingerprint density at radius 2 is 1.94 bits per heavy atom. The molecule has 0 bridgehead atoms. The van der Waals surface area contributed by atoms with Crippen LogP contribution in [0.3, 0.4) is 0 Å². The molecule has 0 spiro atoms. The molecule has 1 unspecified atom stereocenters. The van der Waals surface area contributed by atoms with Gasteiger partial charge in [-0.05, 0) is 42.7 Å². The van der Waals surface area contributed by atoms with Crippen molar-refractivity contribution in [2.75, 3.05) is 7.11 Å². The Hall–Kier alpha value is -2.87. The first-order chi connectivity index (χ1) is 16.0. The summed E-state index contributed by atoms with van der Waals surface area (Å²) >= 11 is 6.68. The van der Waals surface area contributed by atoms with Gasteiger partial charge < -0.3 is 19.8 Å². The SMILES string of the molecule is COc1c(Cc2ccc(-n3cccn3)cc2)cc2c(c1Cl)C(O)N([C@@H]1CCCC[C@H]1O)C2=O. The van der Waals surface area contributed by atoms with Gasteiger partial charge in [-0.2, -0.15) is 5.10 Å². The third-order valence-corrected chi connectivity index (χ3v) is 7.05. The van der Waals surface area contributed by atoms with E-state index in [0.717, 1.165) is 29.7 Å². The van der Waals surface area contributed by atoms with Gasteiger partial charge in [0.15, 0.2) is 6.23 Å². The van der Waals surface area contributed by atoms with Gasteiger partial charge in [-0.25, -0.2) is 4.68 Å². The van der Waals surface area contributed by atoms with E-state index in [2.05, 4.69) is 5.10 Å². The molecule has 0 saturated heterocycles. The number of halogens is 1. The second-order valence-corrected chi connectivity index (χ2v) is 9.02. The molecule has 2 aromatic carbocycles. The second-order valence-electron chi connectivity index (χ2n) is 8.64. The molecule has 8 heteroatoms. The van der Waals surface area contributed by atoms with Gasteiger partial charge in [-0.15, -0.1) is 0 Å². The molecule has 1 amide bonds. The van der Waals surface area contributed by atoms with E-state index in [4.69, 9.17) is 16.3 Å². The molecule has 1 aliphatic heterocycles. The summed E-state index contributed by atoms with van der Waals surface area (Å²) in [5.41, 5.74) is 3.46. The largest absolute Gasteiger partial charge is 0.495 e. The molecule has 5 rings (SSSR count). The van der Waals surface area contributed by atoms with Gasteiger partial charge in [0.2, 0.25) is 0 Å². The van der Waals surface area contributed by atoms with E-state index in [1.54, 1.807) is 16.9 Å². The van der Waals surface area contributed by atoms with E-state index in [1.807, 2.05) is 36.5 Å². The Bertz CT molecular complexity index is 1160. The van der Waals surface area contributed by atoms with Crippen LogP contribution in [0.15, 0.2) is 48.8 Å². The molecule has 2 aliphatic rings. The molecule has 33 heavy (non-hydrogen) atoms. The molecule has 1 fully saturated rings. The Kier molecular flexibility index (Phi) is 5.86. The highest BCUT2D eigenvalue weighted by Gasteiger charge is 2.45. The number of nitrogens with zero attached hydrogens (tertiary/aromatic N) is 3. The Morgan fingerprint density at radius 1 is 1.18 bits per heavy atom. The number of aliphatic hydroxyl groups is 2. The van der Waals surface area contributed by atoms with Crippen LogP contribution in [0.5, 0.6) is 5.75 Å². The van der Waals surface area contributed by atoms with Crippen molar-refractivity contribution in [2.24, 2.45) is 0 Å². The lowest BCUT2D eigenvalue weighted by molar-refractivity contribution is -0.0495. The number of hydrogen-bond donors (Lipinski definition) is 2. The second kappa shape index (κ2) is 8.82. The van der Waals surface area contributed by atoms with Gasteiger partial charge in [0.25, 0.3) is 5.91 Å². The number of amides is 1. The van der Waals surface area contributed by atoms with Gasteiger partial charge >= 0.3 is 0 Å². The van der Waals surface area contributed by atoms with E-state index < -0.39 is 18.4 Å². The van der Waals surface area contributed by atoms with Gasteiger partial charge in [0, 0.05) is 35.5 Å². The third-order valence-electron chi connectivity index (χ3n) is 6.68. The van der Waals surface area contributed by atoms with Crippen molar-refractivity contribution >= 4 is 17.5 Å². The fourth-order valence-corrected chi connectivity index (χ4v) is 5.42. The predicted octanol–water partition coefficient (Wildman–Crippen LogP) is 3.88. The van der Waals surface area contributed by atoms with Crippen LogP contribution in [0.2, 0.25) is 5.02 Å². The monoisotopic (exact) mass is 467 g/mol. The average Bonchev–Trinajstić information content (AvgIpc) is 3.43. The van der Waals surface area contributed by atoms with Gasteiger partial charge in [-0.3, -0.25) is 4.79 Å². The van der Waals surface area contributed by atoms with Crippen molar-refractivity contribution in [1.82, 2.24) is 14.7 Å². The molecule has 1 aromatic heterocycles. The molecular formula is C25H26ClN3O4. The lowest BCUT2D eigenvalue weighted by atomic mass is 9.91. The normalized spacial score (nSPS) is 22.5. The van der Waals surface area contributed by atoms with Crippen LogP contribution in [-0.4, -0.2) is 50.1 Å². The number of fused-ring (bicyclic) bond motifs is 1. The quantitative estimate of drug-likeness (QED) is 0.594. The lowest BCUT2D eigenvalue weighted by Gasteiger charge is -2.37. The molecule has 2 heterocycles. The van der Waals surface area contributed by atoms with Crippen LogP contribution in [0, 0.1) is 0 Å². The zero-order chi connectivity index (χ0) is 23.1. The molecular weight excluding hydrogens is 442 g/mol. The summed E-state index contributed by atoms with van der Waals surface area (Å²) in [4.78, 5) is 14.7. The maximum absolute atomic E-state index is 13.3. The van der Waals surface area contributed by atoms with Crippen LogP contribution in [0.25, 0.3) is 5.69 Å². The lowest BCUT2D eigenvalue weighted by Crippen LogP contribution is -2.47. The summed E-state index contributed by atoms with van der Waals surface area (Å²) in [6.07, 6.45) is 5.36. The first kappa shape index (κ1) is 21.9. The molecule has 1 aliphatic carbocycles. The molecule has 0 radical (unpaired) electrons. The first-order valence-electron chi connectivity index (χ1n) is 11.2. The molecule has 3 aromatic rings. The average molecular weight is 468 g/mol. The van der Waals surface area contributed by atoms with E-state index in [-0.39, 0.29) is 10.9 Å². The first-order valence-corrected chi connectivity index (χ1v) is 11.5. The fraction of sp³-hybridized carbons (Fsp3) is 0.360. The number of aromatic nitrogens is 2. The Balaban J connectivity index is 1.47. The van der Waals surface area contributed by atoms with Gasteiger partial charge in [0.1, 0.15) is 5.75 Å². The predicted molar refractivity (Wildman–Crippen MR) is 124 cm³/mol. The zero-order valence-corrected chi connectivity index (χ0v) is 19.1. The number of ether oxygens (including phenoxy) is 1. The number of rotatable bonds is 5. The van der Waals surface area contributed by atoms with Crippen LogP contribution in [-0.2, 0) is 6.42 Å². The molecule has 172 valence electrons. The topological polar surface area (TPSA) is 87.8 Å². The highest BCUT2D eigenvalue weighted by Crippen LogP contribution is 2.46. The summed E-state index contributed by atoms with van der Waals surface area (Å²) in [6, 6.07) is 11.2. The number of benzene rings is 2. The Labute approximate surface area is 197 Å². The summed E-state index contributed by atoms with van der Waals surface area (Å²) in [5.74, 6) is 0.146. The van der Waals surface area contributed by atoms with Gasteiger partial charge in [-0.1, -0.05) is 36.6 Å². The maximum Gasteiger partial charge on any atom is 0.257 e. The number of aliphatic hydroxyl groups excluding tert-OH is 2. The van der Waals surface area contributed by atoms with Gasteiger partial charge in [0.05, 0.1) is 30.0 Å². The Morgan fingerprint density at radius 3 is 2.61 bits per heavy atom. The highest BCUT2D eigenvalue weighted by atomic mass is 35.5. The van der Waals surface area contributed by atoms with E-state index >= 15 is 0 Å². The van der Waals surface area contributed by atoms with Crippen molar-refractivity contribution in [2.45, 2.75) is 50.5 Å². The number of carbonyl (C=O) groups is 1. The zero-order valence-electron chi connectivity index (χ0n) is 18.3. The van der Waals surface area contributed by atoms with E-state index in [0.29, 0.717) is 36.1 Å². The maximum atomic E-state index is 13.3. The van der Waals surface area contributed by atoms with Crippen molar-refractivity contribution in [1.29, 1.82) is 0 Å². The third kappa shape index (κ3) is 3.80. The smallest absolute Gasteiger partial charge is 0.257 e. The van der Waals surface area contributed by atoms with Crippen molar-refractivity contribution in [3.63, 3.8) is 0 Å². The summed E-state index contributed by atoms with van der Waals surface area (Å²) < 4.78 is 7.39. The van der Waals surface area contributed by atoms with E-state index in [9.17, 15) is 15.0 Å². The molecule has 2 N–H and O–H groups in total. The van der Waals surface area contributed by atoms with Crippen molar-refractivity contribution in [3.05, 3.63) is 76.1 Å². The minimum absolute atomic E-state index is 0.242. The minimum atomic E-state index is -1.20. The van der Waals surface area contributed by atoms with Crippen LogP contribution >= 0.6 is 11.6 Å². The molecule has 7 nitrogen and oxygen atoms in total.